The molecule has 0 unspecified atom stereocenters. The summed E-state index contributed by atoms with van der Waals surface area (Å²) < 4.78 is 0. The SMILES string of the molecule is CC(=O)SCCC#Cc1cnccc1Cl. The van der Waals surface area contributed by atoms with Crippen molar-refractivity contribution in [1.29, 1.82) is 0 Å². The monoisotopic (exact) mass is 239 g/mol. The van der Waals surface area contributed by atoms with Gasteiger partial charge < -0.3 is 0 Å². The second kappa shape index (κ2) is 6.49. The van der Waals surface area contributed by atoms with E-state index in [0.717, 1.165) is 11.3 Å². The Kier molecular flexibility index (Phi) is 5.23. The molecule has 0 saturated heterocycles. The molecule has 0 amide bonds. The predicted molar refractivity (Wildman–Crippen MR) is 63.9 cm³/mol. The molecule has 0 saturated carbocycles. The Morgan fingerprint density at radius 1 is 1.67 bits per heavy atom. The molecule has 1 heterocycles. The van der Waals surface area contributed by atoms with Crippen molar-refractivity contribution in [3.8, 4) is 11.8 Å². The number of nitrogens with zero attached hydrogens (tertiary/aromatic N) is 1. The van der Waals surface area contributed by atoms with Gasteiger partial charge >= 0.3 is 0 Å². The van der Waals surface area contributed by atoms with Crippen molar-refractivity contribution >= 4 is 28.5 Å². The summed E-state index contributed by atoms with van der Waals surface area (Å²) in [6, 6.07) is 1.70. The minimum absolute atomic E-state index is 0.121. The molecule has 15 heavy (non-hydrogen) atoms. The second-order valence-electron chi connectivity index (χ2n) is 2.75. The van der Waals surface area contributed by atoms with Crippen molar-refractivity contribution in [3.63, 3.8) is 0 Å². The Hall–Kier alpha value is -0.980. The summed E-state index contributed by atoms with van der Waals surface area (Å²) in [7, 11) is 0. The van der Waals surface area contributed by atoms with Crippen molar-refractivity contribution in [2.75, 3.05) is 5.75 Å². The molecular formula is C11H10ClNOS. The van der Waals surface area contributed by atoms with Crippen molar-refractivity contribution in [3.05, 3.63) is 29.0 Å². The molecule has 4 heteroatoms. The highest BCUT2D eigenvalue weighted by Crippen LogP contribution is 2.11. The first-order valence-electron chi connectivity index (χ1n) is 4.42. The zero-order valence-corrected chi connectivity index (χ0v) is 9.86. The molecule has 0 aliphatic carbocycles. The van der Waals surface area contributed by atoms with Crippen LogP contribution in [0, 0.1) is 11.8 Å². The average molecular weight is 240 g/mol. The summed E-state index contributed by atoms with van der Waals surface area (Å²) >= 11 is 7.17. The molecule has 1 rings (SSSR count). The number of carbonyl (C=O) groups excluding carboxylic acids is 1. The van der Waals surface area contributed by atoms with E-state index >= 15 is 0 Å². The Morgan fingerprint density at radius 3 is 3.13 bits per heavy atom. The lowest BCUT2D eigenvalue weighted by Gasteiger charge is -1.92. The molecule has 0 aromatic carbocycles. The topological polar surface area (TPSA) is 30.0 Å². The molecule has 2 nitrogen and oxygen atoms in total. The Labute approximate surface area is 98.4 Å². The Bertz CT molecular complexity index is 409. The van der Waals surface area contributed by atoms with Crippen LogP contribution < -0.4 is 0 Å². The van der Waals surface area contributed by atoms with Crippen LogP contribution in [0.5, 0.6) is 0 Å². The van der Waals surface area contributed by atoms with Gasteiger partial charge in [0.1, 0.15) is 0 Å². The lowest BCUT2D eigenvalue weighted by Crippen LogP contribution is -1.84. The predicted octanol–water partition coefficient (Wildman–Crippen LogP) is 2.76. The number of rotatable bonds is 2. The van der Waals surface area contributed by atoms with E-state index in [2.05, 4.69) is 16.8 Å². The normalized spacial score (nSPS) is 9.20. The number of halogens is 1. The maximum absolute atomic E-state index is 10.6. The number of aromatic nitrogens is 1. The fourth-order valence-electron chi connectivity index (χ4n) is 0.873. The van der Waals surface area contributed by atoms with Crippen molar-refractivity contribution in [2.24, 2.45) is 0 Å². The fourth-order valence-corrected chi connectivity index (χ4v) is 1.52. The highest BCUT2D eigenvalue weighted by atomic mass is 35.5. The summed E-state index contributed by atoms with van der Waals surface area (Å²) in [5.41, 5.74) is 0.729. The molecule has 1 aromatic heterocycles. The molecule has 0 bridgehead atoms. The maximum atomic E-state index is 10.6. The zero-order valence-electron chi connectivity index (χ0n) is 8.29. The van der Waals surface area contributed by atoms with Crippen LogP contribution in [-0.4, -0.2) is 15.9 Å². The van der Waals surface area contributed by atoms with E-state index in [0.29, 0.717) is 11.4 Å². The zero-order chi connectivity index (χ0) is 11.1. The number of pyridine rings is 1. The minimum Gasteiger partial charge on any atom is -0.288 e. The number of hydrogen-bond acceptors (Lipinski definition) is 3. The Morgan fingerprint density at radius 2 is 2.47 bits per heavy atom. The first kappa shape index (κ1) is 12.1. The van der Waals surface area contributed by atoms with Crippen molar-refractivity contribution < 1.29 is 4.79 Å². The van der Waals surface area contributed by atoms with Crippen LogP contribution in [0.3, 0.4) is 0 Å². The molecule has 0 atom stereocenters. The lowest BCUT2D eigenvalue weighted by atomic mass is 10.3. The Balaban J connectivity index is 2.45. The van der Waals surface area contributed by atoms with Gasteiger partial charge in [-0.2, -0.15) is 0 Å². The maximum Gasteiger partial charge on any atom is 0.185 e. The van der Waals surface area contributed by atoms with Crippen molar-refractivity contribution in [2.45, 2.75) is 13.3 Å². The third-order valence-electron chi connectivity index (χ3n) is 1.52. The van der Waals surface area contributed by atoms with Gasteiger partial charge in [0.25, 0.3) is 0 Å². The molecule has 0 aliphatic heterocycles. The van der Waals surface area contributed by atoms with Crippen molar-refractivity contribution in [1.82, 2.24) is 4.98 Å². The van der Waals surface area contributed by atoms with E-state index in [1.807, 2.05) is 0 Å². The highest BCUT2D eigenvalue weighted by Gasteiger charge is 1.94. The van der Waals surface area contributed by atoms with Crippen LogP contribution >= 0.6 is 23.4 Å². The molecular weight excluding hydrogens is 230 g/mol. The van der Waals surface area contributed by atoms with Gasteiger partial charge in [0.2, 0.25) is 0 Å². The molecule has 0 spiro atoms. The number of carbonyl (C=O) groups is 1. The van der Waals surface area contributed by atoms with E-state index in [9.17, 15) is 4.79 Å². The van der Waals surface area contributed by atoms with E-state index in [4.69, 9.17) is 11.6 Å². The van der Waals surface area contributed by atoms with Crippen LogP contribution in [-0.2, 0) is 4.79 Å². The molecule has 0 N–H and O–H groups in total. The van der Waals surface area contributed by atoms with Gasteiger partial charge in [0, 0.05) is 31.5 Å². The molecule has 78 valence electrons. The smallest absolute Gasteiger partial charge is 0.185 e. The molecule has 0 aliphatic rings. The number of hydrogen-bond donors (Lipinski definition) is 0. The second-order valence-corrected chi connectivity index (χ2v) is 4.43. The lowest BCUT2D eigenvalue weighted by molar-refractivity contribution is -0.109. The van der Waals surface area contributed by atoms with Gasteiger partial charge in [-0.1, -0.05) is 35.2 Å². The van der Waals surface area contributed by atoms with E-state index in [1.54, 1.807) is 25.4 Å². The average Bonchev–Trinajstić information content (AvgIpc) is 2.20. The highest BCUT2D eigenvalue weighted by molar-refractivity contribution is 8.13. The van der Waals surface area contributed by atoms with Crippen LogP contribution in [0.4, 0.5) is 0 Å². The summed E-state index contributed by atoms with van der Waals surface area (Å²) in [5, 5.41) is 0.730. The largest absolute Gasteiger partial charge is 0.288 e. The minimum atomic E-state index is 0.121. The fraction of sp³-hybridized carbons (Fsp3) is 0.273. The van der Waals surface area contributed by atoms with Crippen LogP contribution in [0.1, 0.15) is 18.9 Å². The first-order valence-corrected chi connectivity index (χ1v) is 5.78. The summed E-state index contributed by atoms with van der Waals surface area (Å²) in [4.78, 5) is 14.5. The van der Waals surface area contributed by atoms with Gasteiger partial charge in [-0.05, 0) is 6.07 Å². The van der Waals surface area contributed by atoms with Crippen LogP contribution in [0.25, 0.3) is 0 Å². The van der Waals surface area contributed by atoms with Crippen LogP contribution in [0.15, 0.2) is 18.5 Å². The van der Waals surface area contributed by atoms with Crippen LogP contribution in [0.2, 0.25) is 5.02 Å². The molecule has 1 aromatic rings. The standard InChI is InChI=1S/C11H10ClNOS/c1-9(14)15-7-3-2-4-10-8-13-6-5-11(10)12/h5-6,8H,3,7H2,1H3. The van der Waals surface area contributed by atoms with E-state index in [-0.39, 0.29) is 5.12 Å². The third-order valence-corrected chi connectivity index (χ3v) is 2.67. The summed E-state index contributed by atoms with van der Waals surface area (Å²) in [6.07, 6.45) is 3.93. The number of thioether (sulfide) groups is 1. The van der Waals surface area contributed by atoms with E-state index < -0.39 is 0 Å². The van der Waals surface area contributed by atoms with Gasteiger partial charge in [-0.25, -0.2) is 0 Å². The van der Waals surface area contributed by atoms with Gasteiger partial charge in [-0.15, -0.1) is 0 Å². The van der Waals surface area contributed by atoms with Gasteiger partial charge in [0.05, 0.1) is 10.6 Å². The third kappa shape index (κ3) is 4.87. The van der Waals surface area contributed by atoms with E-state index in [1.165, 1.54) is 11.8 Å². The summed E-state index contributed by atoms with van der Waals surface area (Å²) in [5.74, 6) is 6.59. The summed E-state index contributed by atoms with van der Waals surface area (Å²) in [6.45, 7) is 1.55. The van der Waals surface area contributed by atoms with Gasteiger partial charge in [0.15, 0.2) is 5.12 Å². The van der Waals surface area contributed by atoms with Gasteiger partial charge in [-0.3, -0.25) is 9.78 Å². The molecule has 0 fully saturated rings. The quantitative estimate of drug-likeness (QED) is 0.587. The molecule has 0 radical (unpaired) electrons. The first-order chi connectivity index (χ1) is 7.20.